The Labute approximate surface area is 99.5 Å². The zero-order valence-corrected chi connectivity index (χ0v) is 9.47. The maximum absolute atomic E-state index is 11.1. The molecule has 0 aliphatic rings. The molecule has 0 aromatic heterocycles. The number of carbonyl (C=O) groups is 1. The minimum atomic E-state index is -0.997. The highest BCUT2D eigenvalue weighted by atomic mass is 16.4. The van der Waals surface area contributed by atoms with Gasteiger partial charge in [0, 0.05) is 5.69 Å². The number of carboxylic acid groups (broad SMARTS) is 1. The Bertz CT molecular complexity index is 562. The summed E-state index contributed by atoms with van der Waals surface area (Å²) in [5.74, 6) is -0.997. The maximum atomic E-state index is 11.1. The minimum absolute atomic E-state index is 0.156. The fourth-order valence-corrected chi connectivity index (χ4v) is 1.77. The van der Waals surface area contributed by atoms with Crippen LogP contribution in [0.15, 0.2) is 42.5 Å². The van der Waals surface area contributed by atoms with Crippen molar-refractivity contribution in [3.63, 3.8) is 0 Å². The first-order valence-corrected chi connectivity index (χ1v) is 5.28. The fourth-order valence-electron chi connectivity index (χ4n) is 1.77. The lowest BCUT2D eigenvalue weighted by Crippen LogP contribution is -2.04. The number of benzene rings is 2. The maximum Gasteiger partial charge on any atom is 0.337 e. The highest BCUT2D eigenvalue weighted by molar-refractivity contribution is 5.96. The third kappa shape index (κ3) is 2.13. The summed E-state index contributed by atoms with van der Waals surface area (Å²) < 4.78 is 0. The molecule has 0 saturated carbocycles. The van der Waals surface area contributed by atoms with E-state index in [1.54, 1.807) is 6.07 Å². The van der Waals surface area contributed by atoms with Gasteiger partial charge >= 0.3 is 5.97 Å². The number of rotatable bonds is 2. The second kappa shape index (κ2) is 4.29. The molecule has 17 heavy (non-hydrogen) atoms. The number of nitrogens with two attached hydrogens (primary N) is 1. The van der Waals surface area contributed by atoms with Crippen molar-refractivity contribution in [3.05, 3.63) is 53.6 Å². The van der Waals surface area contributed by atoms with E-state index in [4.69, 9.17) is 10.8 Å². The molecule has 3 N–H and O–H groups in total. The number of aromatic carboxylic acids is 1. The van der Waals surface area contributed by atoms with E-state index < -0.39 is 5.97 Å². The lowest BCUT2D eigenvalue weighted by Gasteiger charge is -2.09. The third-order valence-corrected chi connectivity index (χ3v) is 2.72. The molecule has 3 nitrogen and oxygen atoms in total. The third-order valence-electron chi connectivity index (χ3n) is 2.72. The Morgan fingerprint density at radius 2 is 1.76 bits per heavy atom. The first kappa shape index (κ1) is 11.2. The van der Waals surface area contributed by atoms with Gasteiger partial charge in [-0.3, -0.25) is 0 Å². The lowest BCUT2D eigenvalue weighted by molar-refractivity contribution is 0.0698. The van der Waals surface area contributed by atoms with Crippen molar-refractivity contribution in [3.8, 4) is 11.1 Å². The molecule has 0 heterocycles. The second-order valence-electron chi connectivity index (χ2n) is 3.93. The zero-order valence-electron chi connectivity index (χ0n) is 9.47. The molecule has 2 rings (SSSR count). The van der Waals surface area contributed by atoms with Gasteiger partial charge < -0.3 is 10.8 Å². The smallest absolute Gasteiger partial charge is 0.337 e. The predicted molar refractivity (Wildman–Crippen MR) is 68.0 cm³/mol. The van der Waals surface area contributed by atoms with E-state index >= 15 is 0 Å². The van der Waals surface area contributed by atoms with Crippen molar-refractivity contribution >= 4 is 11.7 Å². The van der Waals surface area contributed by atoms with Gasteiger partial charge in [0.1, 0.15) is 0 Å². The zero-order chi connectivity index (χ0) is 12.4. The summed E-state index contributed by atoms with van der Waals surface area (Å²) in [7, 11) is 0. The topological polar surface area (TPSA) is 63.3 Å². The summed E-state index contributed by atoms with van der Waals surface area (Å²) in [6.07, 6.45) is 0. The summed E-state index contributed by atoms with van der Waals surface area (Å²) in [4.78, 5) is 11.1. The largest absolute Gasteiger partial charge is 0.478 e. The molecule has 3 heteroatoms. The summed E-state index contributed by atoms with van der Waals surface area (Å²) >= 11 is 0. The van der Waals surface area contributed by atoms with Gasteiger partial charge in [-0.05, 0) is 35.7 Å². The van der Waals surface area contributed by atoms with Crippen LogP contribution in [0.3, 0.4) is 0 Å². The summed E-state index contributed by atoms with van der Waals surface area (Å²) in [5.41, 5.74) is 8.87. The van der Waals surface area contributed by atoms with Gasteiger partial charge in [0.25, 0.3) is 0 Å². The SMILES string of the molecule is Cc1cc(-c2ccccc2)cc(C(=O)O)c1N. The molecule has 0 fully saturated rings. The van der Waals surface area contributed by atoms with Gasteiger partial charge in [0.15, 0.2) is 0 Å². The summed E-state index contributed by atoms with van der Waals surface area (Å²) in [6, 6.07) is 13.2. The van der Waals surface area contributed by atoms with Crippen LogP contribution in [0.1, 0.15) is 15.9 Å². The number of hydrogen-bond donors (Lipinski definition) is 2. The number of anilines is 1. The highest BCUT2D eigenvalue weighted by Crippen LogP contribution is 2.26. The molecular weight excluding hydrogens is 214 g/mol. The Hall–Kier alpha value is -2.29. The van der Waals surface area contributed by atoms with Gasteiger partial charge in [0.05, 0.1) is 5.56 Å². The average molecular weight is 227 g/mol. The van der Waals surface area contributed by atoms with E-state index in [9.17, 15) is 4.79 Å². The molecule has 0 saturated heterocycles. The van der Waals surface area contributed by atoms with Gasteiger partial charge in [-0.1, -0.05) is 30.3 Å². The van der Waals surface area contributed by atoms with Crippen LogP contribution in [0.5, 0.6) is 0 Å². The summed E-state index contributed by atoms with van der Waals surface area (Å²) in [6.45, 7) is 1.81. The number of hydrogen-bond acceptors (Lipinski definition) is 2. The molecule has 0 amide bonds. The molecule has 0 aliphatic carbocycles. The van der Waals surface area contributed by atoms with Crippen LogP contribution in [0, 0.1) is 6.92 Å². The predicted octanol–water partition coefficient (Wildman–Crippen LogP) is 2.94. The molecule has 86 valence electrons. The van der Waals surface area contributed by atoms with Crippen LogP contribution >= 0.6 is 0 Å². The van der Waals surface area contributed by atoms with E-state index in [1.165, 1.54) is 0 Å². The fraction of sp³-hybridized carbons (Fsp3) is 0.0714. The second-order valence-corrected chi connectivity index (χ2v) is 3.93. The van der Waals surface area contributed by atoms with Crippen LogP contribution < -0.4 is 5.73 Å². The van der Waals surface area contributed by atoms with Crippen LogP contribution in [0.4, 0.5) is 5.69 Å². The van der Waals surface area contributed by atoms with E-state index in [-0.39, 0.29) is 5.56 Å². The number of aryl methyl sites for hydroxylation is 1. The first-order valence-electron chi connectivity index (χ1n) is 5.28. The van der Waals surface area contributed by atoms with Crippen molar-refractivity contribution in [2.24, 2.45) is 0 Å². The molecule has 0 spiro atoms. The lowest BCUT2D eigenvalue weighted by atomic mass is 9.98. The Kier molecular flexibility index (Phi) is 2.83. The van der Waals surface area contributed by atoms with Gasteiger partial charge in [0.2, 0.25) is 0 Å². The van der Waals surface area contributed by atoms with Crippen molar-refractivity contribution in [2.75, 3.05) is 5.73 Å². The van der Waals surface area contributed by atoms with Crippen LogP contribution in [-0.2, 0) is 0 Å². The van der Waals surface area contributed by atoms with Crippen molar-refractivity contribution < 1.29 is 9.90 Å². The number of nitrogen functional groups attached to an aromatic ring is 1. The molecule has 0 atom stereocenters. The van der Waals surface area contributed by atoms with Gasteiger partial charge in [-0.25, -0.2) is 4.79 Å². The average Bonchev–Trinajstić information content (AvgIpc) is 2.33. The van der Waals surface area contributed by atoms with Crippen molar-refractivity contribution in [1.29, 1.82) is 0 Å². The quantitative estimate of drug-likeness (QED) is 0.775. The van der Waals surface area contributed by atoms with E-state index in [1.807, 2.05) is 43.3 Å². The Morgan fingerprint density at radius 3 is 2.35 bits per heavy atom. The van der Waals surface area contributed by atoms with Crippen LogP contribution in [-0.4, -0.2) is 11.1 Å². The monoisotopic (exact) mass is 227 g/mol. The molecule has 0 radical (unpaired) electrons. The van der Waals surface area contributed by atoms with Gasteiger partial charge in [-0.15, -0.1) is 0 Å². The molecule has 2 aromatic carbocycles. The number of carboxylic acids is 1. The molecule has 2 aromatic rings. The van der Waals surface area contributed by atoms with Gasteiger partial charge in [-0.2, -0.15) is 0 Å². The normalized spacial score (nSPS) is 10.2. The first-order chi connectivity index (χ1) is 8.09. The molecule has 0 unspecified atom stereocenters. The van der Waals surface area contributed by atoms with Crippen LogP contribution in [0.2, 0.25) is 0 Å². The van der Waals surface area contributed by atoms with Crippen LogP contribution in [0.25, 0.3) is 11.1 Å². The Balaban J connectivity index is 2.61. The Morgan fingerprint density at radius 1 is 1.12 bits per heavy atom. The van der Waals surface area contributed by atoms with E-state index in [0.29, 0.717) is 5.69 Å². The molecule has 0 bridgehead atoms. The highest BCUT2D eigenvalue weighted by Gasteiger charge is 2.12. The standard InChI is InChI=1S/C14H13NO2/c1-9-7-11(10-5-3-2-4-6-10)8-12(13(9)15)14(16)17/h2-8H,15H2,1H3,(H,16,17). The van der Waals surface area contributed by atoms with Crippen molar-refractivity contribution in [2.45, 2.75) is 6.92 Å². The van der Waals surface area contributed by atoms with E-state index in [0.717, 1.165) is 16.7 Å². The summed E-state index contributed by atoms with van der Waals surface area (Å²) in [5, 5.41) is 9.08. The molecule has 0 aliphatic heterocycles. The van der Waals surface area contributed by atoms with Crippen molar-refractivity contribution in [1.82, 2.24) is 0 Å². The minimum Gasteiger partial charge on any atom is -0.478 e. The van der Waals surface area contributed by atoms with E-state index in [2.05, 4.69) is 0 Å². The molecular formula is C14H13NO2.